The van der Waals surface area contributed by atoms with Gasteiger partial charge in [0, 0.05) is 22.2 Å². The Hall–Kier alpha value is -8.52. The van der Waals surface area contributed by atoms with Crippen LogP contribution >= 0.6 is 0 Å². The predicted molar refractivity (Wildman–Crippen MR) is 290 cm³/mol. The molecular formula is C67H47N. The van der Waals surface area contributed by atoms with Gasteiger partial charge in [0.05, 0.1) is 11.4 Å². The lowest BCUT2D eigenvalue weighted by molar-refractivity contribution is 0.666. The molecule has 0 unspecified atom stereocenters. The van der Waals surface area contributed by atoms with Crippen molar-refractivity contribution in [3.8, 4) is 55.6 Å². The zero-order valence-electron chi connectivity index (χ0n) is 38.1. The number of fused-ring (bicyclic) bond motifs is 11. The van der Waals surface area contributed by atoms with Crippen LogP contribution in [0.3, 0.4) is 0 Å². The number of hydrogen-bond donors (Lipinski definition) is 0. The van der Waals surface area contributed by atoms with E-state index in [1.165, 1.54) is 104 Å². The van der Waals surface area contributed by atoms with E-state index >= 15 is 0 Å². The van der Waals surface area contributed by atoms with E-state index in [-0.39, 0.29) is 5.41 Å². The molecule has 0 bridgehead atoms. The second-order valence-corrected chi connectivity index (χ2v) is 18.7. The Morgan fingerprint density at radius 3 is 1.50 bits per heavy atom. The van der Waals surface area contributed by atoms with Crippen LogP contribution < -0.4 is 4.90 Å². The van der Waals surface area contributed by atoms with Crippen LogP contribution in [0.15, 0.2) is 249 Å². The van der Waals surface area contributed by atoms with E-state index in [1.807, 2.05) is 0 Å². The number of anilines is 3. The van der Waals surface area contributed by atoms with Gasteiger partial charge < -0.3 is 4.90 Å². The summed E-state index contributed by atoms with van der Waals surface area (Å²) in [5.41, 5.74) is 18.0. The maximum Gasteiger partial charge on any atom is 0.0546 e. The highest BCUT2D eigenvalue weighted by Crippen LogP contribution is 2.56. The van der Waals surface area contributed by atoms with Gasteiger partial charge in [0.1, 0.15) is 0 Å². The van der Waals surface area contributed by atoms with E-state index in [9.17, 15) is 0 Å². The first-order valence-corrected chi connectivity index (χ1v) is 23.8. The Labute approximate surface area is 397 Å². The molecule has 0 fully saturated rings. The van der Waals surface area contributed by atoms with Gasteiger partial charge >= 0.3 is 0 Å². The van der Waals surface area contributed by atoms with Crippen LogP contribution in [0.25, 0.3) is 98.7 Å². The average molecular weight is 866 g/mol. The number of hydrogen-bond acceptors (Lipinski definition) is 1. The first-order chi connectivity index (χ1) is 33.5. The van der Waals surface area contributed by atoms with E-state index in [1.54, 1.807) is 0 Å². The fourth-order valence-corrected chi connectivity index (χ4v) is 11.6. The van der Waals surface area contributed by atoms with Crippen molar-refractivity contribution in [3.05, 3.63) is 260 Å². The summed E-state index contributed by atoms with van der Waals surface area (Å²) in [5.74, 6) is 0. The highest BCUT2D eigenvalue weighted by Gasteiger charge is 2.39. The summed E-state index contributed by atoms with van der Waals surface area (Å²) in [6, 6.07) is 92.0. The maximum atomic E-state index is 2.51. The fraction of sp³-hybridized carbons (Fsp3) is 0.0448. The number of rotatable bonds is 7. The normalized spacial score (nSPS) is 12.7. The van der Waals surface area contributed by atoms with Crippen LogP contribution in [-0.2, 0) is 5.41 Å². The smallest absolute Gasteiger partial charge is 0.0546 e. The summed E-state index contributed by atoms with van der Waals surface area (Å²) in [6.45, 7) is 4.80. The third kappa shape index (κ3) is 6.24. The van der Waals surface area contributed by atoms with Gasteiger partial charge in [-0.05, 0) is 129 Å². The number of benzene rings is 12. The lowest BCUT2D eigenvalue weighted by Gasteiger charge is -2.31. The van der Waals surface area contributed by atoms with E-state index in [2.05, 4.69) is 267 Å². The number of para-hydroxylation sites is 1. The van der Waals surface area contributed by atoms with Crippen molar-refractivity contribution in [3.63, 3.8) is 0 Å². The Balaban J connectivity index is 1.08. The SMILES string of the molecule is CC1(C)c2cccc(-c3cccc(N(c4ccc(-c5ccccc5)cc4)c4ccccc4-c4ccc5c6ccccc6c6ccccc6c5c4)c3-c3ccccc3)c2-c2ccc3ccccc3c21. The molecule has 13 rings (SSSR count). The topological polar surface area (TPSA) is 3.24 Å². The molecule has 0 heterocycles. The second kappa shape index (κ2) is 15.8. The Morgan fingerprint density at radius 1 is 0.294 bits per heavy atom. The molecule has 12 aromatic rings. The maximum absolute atomic E-state index is 2.51. The Kier molecular flexibility index (Phi) is 9.27. The zero-order chi connectivity index (χ0) is 45.3. The summed E-state index contributed by atoms with van der Waals surface area (Å²) in [6.07, 6.45) is 0. The van der Waals surface area contributed by atoms with Gasteiger partial charge in [-0.3, -0.25) is 0 Å². The van der Waals surface area contributed by atoms with Crippen molar-refractivity contribution < 1.29 is 0 Å². The molecule has 0 radical (unpaired) electrons. The third-order valence-electron chi connectivity index (χ3n) is 14.6. The van der Waals surface area contributed by atoms with Crippen LogP contribution in [-0.4, -0.2) is 0 Å². The van der Waals surface area contributed by atoms with Crippen LogP contribution in [0.2, 0.25) is 0 Å². The van der Waals surface area contributed by atoms with Crippen molar-refractivity contribution >= 4 is 60.2 Å². The molecule has 320 valence electrons. The van der Waals surface area contributed by atoms with E-state index in [0.717, 1.165) is 22.6 Å². The van der Waals surface area contributed by atoms with Gasteiger partial charge in [0.25, 0.3) is 0 Å². The molecule has 68 heavy (non-hydrogen) atoms. The van der Waals surface area contributed by atoms with E-state index < -0.39 is 0 Å². The Bertz CT molecular complexity index is 3880. The van der Waals surface area contributed by atoms with Crippen LogP contribution in [0.1, 0.15) is 25.0 Å². The summed E-state index contributed by atoms with van der Waals surface area (Å²) in [4.78, 5) is 2.51. The quantitative estimate of drug-likeness (QED) is 0.144. The monoisotopic (exact) mass is 865 g/mol. The number of nitrogens with zero attached hydrogens (tertiary/aromatic N) is 1. The average Bonchev–Trinajstić information content (AvgIpc) is 3.65. The van der Waals surface area contributed by atoms with E-state index in [0.29, 0.717) is 0 Å². The van der Waals surface area contributed by atoms with Gasteiger partial charge in [-0.1, -0.05) is 232 Å². The van der Waals surface area contributed by atoms with Crippen LogP contribution in [0, 0.1) is 0 Å². The predicted octanol–water partition coefficient (Wildman–Crippen LogP) is 18.7. The van der Waals surface area contributed by atoms with Gasteiger partial charge in [0.2, 0.25) is 0 Å². The fourth-order valence-electron chi connectivity index (χ4n) is 11.6. The minimum absolute atomic E-state index is 0.186. The first kappa shape index (κ1) is 39.8. The van der Waals surface area contributed by atoms with Gasteiger partial charge in [-0.15, -0.1) is 0 Å². The molecule has 0 atom stereocenters. The molecule has 0 saturated carbocycles. The van der Waals surface area contributed by atoms with Crippen molar-refractivity contribution in [2.24, 2.45) is 0 Å². The zero-order valence-corrected chi connectivity index (χ0v) is 38.1. The standard InChI is InChI=1S/C67H47N/c1-67(2)61-32-17-30-58(65(61)59-42-37-46-21-9-10-25-51(46)66(59)67)57-31-18-34-63(64(57)47-22-7-4-8-23-47)68(49-39-35-45(36-40-49)44-19-5-3-6-20-44)62-33-16-15-24-50(62)48-38-41-56-54-28-12-11-26-52(54)53-27-13-14-29-55(53)60(56)43-48/h3-43H,1-2H3. The summed E-state index contributed by atoms with van der Waals surface area (Å²) in [5, 5.41) is 10.2. The van der Waals surface area contributed by atoms with Crippen LogP contribution in [0.4, 0.5) is 17.1 Å². The van der Waals surface area contributed by atoms with Crippen molar-refractivity contribution in [2.45, 2.75) is 19.3 Å². The summed E-state index contributed by atoms with van der Waals surface area (Å²) >= 11 is 0. The second-order valence-electron chi connectivity index (χ2n) is 18.7. The molecule has 12 aromatic carbocycles. The molecule has 1 nitrogen and oxygen atoms in total. The minimum Gasteiger partial charge on any atom is -0.309 e. The van der Waals surface area contributed by atoms with Gasteiger partial charge in [-0.2, -0.15) is 0 Å². The van der Waals surface area contributed by atoms with Crippen molar-refractivity contribution in [2.75, 3.05) is 4.90 Å². The highest BCUT2D eigenvalue weighted by molar-refractivity contribution is 6.26. The molecule has 0 aliphatic heterocycles. The molecule has 1 aliphatic rings. The minimum atomic E-state index is -0.186. The largest absolute Gasteiger partial charge is 0.309 e. The molecule has 1 heteroatoms. The van der Waals surface area contributed by atoms with Crippen LogP contribution in [0.5, 0.6) is 0 Å². The molecule has 0 N–H and O–H groups in total. The van der Waals surface area contributed by atoms with E-state index in [4.69, 9.17) is 0 Å². The molecular weight excluding hydrogens is 819 g/mol. The van der Waals surface area contributed by atoms with Gasteiger partial charge in [0.15, 0.2) is 0 Å². The molecule has 1 aliphatic carbocycles. The van der Waals surface area contributed by atoms with Gasteiger partial charge in [-0.25, -0.2) is 0 Å². The molecule has 0 saturated heterocycles. The Morgan fingerprint density at radius 2 is 0.794 bits per heavy atom. The highest BCUT2D eigenvalue weighted by atomic mass is 15.1. The lowest BCUT2D eigenvalue weighted by Crippen LogP contribution is -2.15. The summed E-state index contributed by atoms with van der Waals surface area (Å²) < 4.78 is 0. The lowest BCUT2D eigenvalue weighted by atomic mass is 9.80. The van der Waals surface area contributed by atoms with Crippen molar-refractivity contribution in [1.82, 2.24) is 0 Å². The molecule has 0 spiro atoms. The van der Waals surface area contributed by atoms with Crippen molar-refractivity contribution in [1.29, 1.82) is 0 Å². The molecule has 0 amide bonds. The third-order valence-corrected chi connectivity index (χ3v) is 14.6. The summed E-state index contributed by atoms with van der Waals surface area (Å²) in [7, 11) is 0. The first-order valence-electron chi connectivity index (χ1n) is 23.8. The molecule has 0 aromatic heterocycles.